The third-order valence-electron chi connectivity index (χ3n) is 4.06. The monoisotopic (exact) mass is 306 g/mol. The van der Waals surface area contributed by atoms with E-state index in [1.165, 1.54) is 69.8 Å². The molecule has 0 bridgehead atoms. The van der Waals surface area contributed by atoms with Crippen molar-refractivity contribution in [3.8, 4) is 5.75 Å². The maximum Gasteiger partial charge on any atom is 0.118 e. The minimum atomic E-state index is 0.943. The fourth-order valence-corrected chi connectivity index (χ4v) is 2.59. The van der Waals surface area contributed by atoms with Crippen molar-refractivity contribution < 1.29 is 9.47 Å². The normalized spacial score (nSPS) is 10.8. The van der Waals surface area contributed by atoms with E-state index in [0.717, 1.165) is 19.0 Å². The molecule has 1 aromatic carbocycles. The minimum absolute atomic E-state index is 0.943. The van der Waals surface area contributed by atoms with Crippen molar-refractivity contribution in [3.63, 3.8) is 0 Å². The van der Waals surface area contributed by atoms with Crippen LogP contribution in [0.15, 0.2) is 24.3 Å². The van der Waals surface area contributed by atoms with Gasteiger partial charge in [0.1, 0.15) is 5.75 Å². The van der Waals surface area contributed by atoms with Crippen molar-refractivity contribution in [2.24, 2.45) is 0 Å². The van der Waals surface area contributed by atoms with Crippen LogP contribution >= 0.6 is 0 Å². The maximum atomic E-state index is 5.67. The zero-order chi connectivity index (χ0) is 15.9. The highest BCUT2D eigenvalue weighted by molar-refractivity contribution is 5.27. The lowest BCUT2D eigenvalue weighted by Gasteiger charge is -2.05. The molecule has 1 rings (SSSR count). The summed E-state index contributed by atoms with van der Waals surface area (Å²) in [6, 6.07) is 8.44. The van der Waals surface area contributed by atoms with E-state index >= 15 is 0 Å². The molecule has 0 aliphatic rings. The molecule has 22 heavy (non-hydrogen) atoms. The first-order valence-electron chi connectivity index (χ1n) is 9.07. The highest BCUT2D eigenvalue weighted by atomic mass is 16.5. The van der Waals surface area contributed by atoms with Gasteiger partial charge in [-0.05, 0) is 43.4 Å². The predicted molar refractivity (Wildman–Crippen MR) is 94.7 cm³/mol. The van der Waals surface area contributed by atoms with E-state index in [2.05, 4.69) is 19.1 Å². The Morgan fingerprint density at radius 2 is 1.32 bits per heavy atom. The van der Waals surface area contributed by atoms with Gasteiger partial charge in [0.25, 0.3) is 0 Å². The second kappa shape index (κ2) is 13.6. The van der Waals surface area contributed by atoms with Crippen LogP contribution in [-0.4, -0.2) is 20.3 Å². The highest BCUT2D eigenvalue weighted by Gasteiger charge is 1.96. The molecule has 0 atom stereocenters. The molecule has 0 heterocycles. The number of aryl methyl sites for hydroxylation is 1. The van der Waals surface area contributed by atoms with Gasteiger partial charge in [-0.1, -0.05) is 57.6 Å². The molecule has 1 aromatic rings. The van der Waals surface area contributed by atoms with Gasteiger partial charge < -0.3 is 9.47 Å². The molecule has 126 valence electrons. The number of rotatable bonds is 14. The topological polar surface area (TPSA) is 18.5 Å². The summed E-state index contributed by atoms with van der Waals surface area (Å²) in [5.74, 6) is 0.943. The molecule has 0 aromatic heterocycles. The highest BCUT2D eigenvalue weighted by Crippen LogP contribution is 2.14. The molecule has 0 radical (unpaired) electrons. The Balaban J connectivity index is 1.85. The second-order valence-electron chi connectivity index (χ2n) is 6.04. The van der Waals surface area contributed by atoms with Crippen molar-refractivity contribution in [3.05, 3.63) is 29.8 Å². The van der Waals surface area contributed by atoms with E-state index in [1.807, 2.05) is 12.1 Å². The SMILES string of the molecule is CCCCCCOCCCCCCCc1ccc(OC)cc1. The van der Waals surface area contributed by atoms with Gasteiger partial charge in [0.15, 0.2) is 0 Å². The number of benzene rings is 1. The Hall–Kier alpha value is -1.02. The van der Waals surface area contributed by atoms with Gasteiger partial charge in [-0.25, -0.2) is 0 Å². The number of hydrogen-bond donors (Lipinski definition) is 0. The summed E-state index contributed by atoms with van der Waals surface area (Å²) in [5, 5.41) is 0. The van der Waals surface area contributed by atoms with E-state index in [-0.39, 0.29) is 0 Å². The number of hydrogen-bond acceptors (Lipinski definition) is 2. The maximum absolute atomic E-state index is 5.67. The smallest absolute Gasteiger partial charge is 0.118 e. The quantitative estimate of drug-likeness (QED) is 0.405. The Kier molecular flexibility index (Phi) is 11.8. The van der Waals surface area contributed by atoms with Crippen molar-refractivity contribution in [2.75, 3.05) is 20.3 Å². The van der Waals surface area contributed by atoms with Crippen molar-refractivity contribution in [2.45, 2.75) is 71.1 Å². The molecule has 0 saturated carbocycles. The van der Waals surface area contributed by atoms with Crippen LogP contribution in [-0.2, 0) is 11.2 Å². The lowest BCUT2D eigenvalue weighted by atomic mass is 10.1. The van der Waals surface area contributed by atoms with Gasteiger partial charge in [0.05, 0.1) is 7.11 Å². The summed E-state index contributed by atoms with van der Waals surface area (Å²) in [5.41, 5.74) is 1.41. The minimum Gasteiger partial charge on any atom is -0.497 e. The van der Waals surface area contributed by atoms with Crippen molar-refractivity contribution in [1.29, 1.82) is 0 Å². The fourth-order valence-electron chi connectivity index (χ4n) is 2.59. The first-order chi connectivity index (χ1) is 10.9. The summed E-state index contributed by atoms with van der Waals surface area (Å²) in [6.07, 6.45) is 12.8. The Bertz CT molecular complexity index is 345. The molecule has 0 N–H and O–H groups in total. The first kappa shape index (κ1) is 19.0. The average molecular weight is 306 g/mol. The third kappa shape index (κ3) is 9.83. The molecule has 0 spiro atoms. The molecule has 0 fully saturated rings. The van der Waals surface area contributed by atoms with Crippen LogP contribution in [0.5, 0.6) is 5.75 Å². The molecule has 0 saturated heterocycles. The summed E-state index contributed by atoms with van der Waals surface area (Å²) < 4.78 is 10.8. The largest absolute Gasteiger partial charge is 0.497 e. The Morgan fingerprint density at radius 1 is 0.727 bits per heavy atom. The van der Waals surface area contributed by atoms with Gasteiger partial charge in [-0.15, -0.1) is 0 Å². The molecule has 2 heteroatoms. The molecule has 2 nitrogen and oxygen atoms in total. The van der Waals surface area contributed by atoms with Crippen molar-refractivity contribution in [1.82, 2.24) is 0 Å². The fraction of sp³-hybridized carbons (Fsp3) is 0.700. The van der Waals surface area contributed by atoms with Gasteiger partial charge in [-0.3, -0.25) is 0 Å². The summed E-state index contributed by atoms with van der Waals surface area (Å²) in [7, 11) is 1.71. The zero-order valence-electron chi connectivity index (χ0n) is 14.6. The van der Waals surface area contributed by atoms with Gasteiger partial charge in [0, 0.05) is 13.2 Å². The lowest BCUT2D eigenvalue weighted by Crippen LogP contribution is -1.97. The van der Waals surface area contributed by atoms with Crippen LogP contribution in [0.2, 0.25) is 0 Å². The Morgan fingerprint density at radius 3 is 1.95 bits per heavy atom. The summed E-state index contributed by atoms with van der Waals surface area (Å²) in [4.78, 5) is 0. The molecule has 0 aliphatic heterocycles. The van der Waals surface area contributed by atoms with Crippen LogP contribution in [0.4, 0.5) is 0 Å². The lowest BCUT2D eigenvalue weighted by molar-refractivity contribution is 0.126. The number of methoxy groups -OCH3 is 1. The van der Waals surface area contributed by atoms with Crippen LogP contribution < -0.4 is 4.74 Å². The standard InChI is InChI=1S/C20H34O2/c1-3-4-5-10-17-22-18-11-8-6-7-9-12-19-13-15-20(21-2)16-14-19/h13-16H,3-12,17-18H2,1-2H3. The molecular formula is C20H34O2. The molecule has 0 amide bonds. The molecular weight excluding hydrogens is 272 g/mol. The third-order valence-corrected chi connectivity index (χ3v) is 4.06. The summed E-state index contributed by atoms with van der Waals surface area (Å²) in [6.45, 7) is 4.15. The summed E-state index contributed by atoms with van der Waals surface area (Å²) >= 11 is 0. The first-order valence-corrected chi connectivity index (χ1v) is 9.07. The van der Waals surface area contributed by atoms with Gasteiger partial charge >= 0.3 is 0 Å². The number of ether oxygens (including phenoxy) is 2. The number of unbranched alkanes of at least 4 members (excludes halogenated alkanes) is 7. The van der Waals surface area contributed by atoms with Crippen LogP contribution in [0.3, 0.4) is 0 Å². The van der Waals surface area contributed by atoms with Crippen LogP contribution in [0.25, 0.3) is 0 Å². The van der Waals surface area contributed by atoms with Crippen LogP contribution in [0.1, 0.15) is 70.3 Å². The van der Waals surface area contributed by atoms with Gasteiger partial charge in [-0.2, -0.15) is 0 Å². The van der Waals surface area contributed by atoms with E-state index in [4.69, 9.17) is 9.47 Å². The van der Waals surface area contributed by atoms with Crippen LogP contribution in [0, 0.1) is 0 Å². The Labute approximate surface area is 137 Å². The van der Waals surface area contributed by atoms with Crippen molar-refractivity contribution >= 4 is 0 Å². The van der Waals surface area contributed by atoms with E-state index in [9.17, 15) is 0 Å². The predicted octanol–water partition coefficient (Wildman–Crippen LogP) is 5.79. The zero-order valence-corrected chi connectivity index (χ0v) is 14.6. The van der Waals surface area contributed by atoms with E-state index < -0.39 is 0 Å². The molecule has 0 unspecified atom stereocenters. The second-order valence-corrected chi connectivity index (χ2v) is 6.04. The average Bonchev–Trinajstić information content (AvgIpc) is 2.56. The van der Waals surface area contributed by atoms with E-state index in [1.54, 1.807) is 7.11 Å². The molecule has 0 aliphatic carbocycles. The van der Waals surface area contributed by atoms with Gasteiger partial charge in [0.2, 0.25) is 0 Å². The van der Waals surface area contributed by atoms with E-state index in [0.29, 0.717) is 0 Å².